The molecule has 0 bridgehead atoms. The zero-order valence-corrected chi connectivity index (χ0v) is 12.2. The van der Waals surface area contributed by atoms with Crippen molar-refractivity contribution in [1.29, 1.82) is 0 Å². The molecule has 0 aromatic heterocycles. The number of ether oxygens (including phenoxy) is 2. The largest absolute Gasteiger partial charge is 0.372 e. The Morgan fingerprint density at radius 3 is 2.00 bits per heavy atom. The van der Waals surface area contributed by atoms with E-state index in [1.807, 2.05) is 48.5 Å². The van der Waals surface area contributed by atoms with E-state index >= 15 is 0 Å². The Morgan fingerprint density at radius 2 is 1.48 bits per heavy atom. The van der Waals surface area contributed by atoms with Gasteiger partial charge in [-0.3, -0.25) is 4.79 Å². The molecule has 0 unspecified atom stereocenters. The lowest BCUT2D eigenvalue weighted by Gasteiger charge is -2.26. The number of carbonyl (C=O) groups excluding carboxylic acids is 1. The first-order valence-electron chi connectivity index (χ1n) is 6.72. The Labute approximate surface area is 124 Å². The van der Waals surface area contributed by atoms with Gasteiger partial charge >= 0.3 is 0 Å². The monoisotopic (exact) mass is 285 g/mol. The summed E-state index contributed by atoms with van der Waals surface area (Å²) < 4.78 is 10.9. The molecule has 4 nitrogen and oxygen atoms in total. The molecule has 0 spiro atoms. The van der Waals surface area contributed by atoms with Crippen molar-refractivity contribution in [3.05, 3.63) is 71.8 Å². The molecule has 110 valence electrons. The molecule has 0 saturated heterocycles. The van der Waals surface area contributed by atoms with Crippen LogP contribution in [0.25, 0.3) is 0 Å². The minimum absolute atomic E-state index is 0.194. The van der Waals surface area contributed by atoms with E-state index in [0.717, 1.165) is 5.56 Å². The van der Waals surface area contributed by atoms with Gasteiger partial charge in [0.1, 0.15) is 6.10 Å². The second-order valence-corrected chi connectivity index (χ2v) is 4.56. The van der Waals surface area contributed by atoms with E-state index in [4.69, 9.17) is 9.47 Å². The van der Waals surface area contributed by atoms with Crippen molar-refractivity contribution in [3.8, 4) is 0 Å². The number of hydrogen-bond donors (Lipinski definition) is 1. The second kappa shape index (κ2) is 7.57. The molecule has 1 N–H and O–H groups in total. The summed E-state index contributed by atoms with van der Waals surface area (Å²) in [4.78, 5) is 12.2. The second-order valence-electron chi connectivity index (χ2n) is 4.56. The Hall–Kier alpha value is -2.17. The van der Waals surface area contributed by atoms with Crippen molar-refractivity contribution in [2.24, 2.45) is 0 Å². The van der Waals surface area contributed by atoms with Crippen molar-refractivity contribution in [1.82, 2.24) is 5.32 Å². The number of hydrogen-bond acceptors (Lipinski definition) is 3. The predicted octanol–water partition coefficient (Wildman–Crippen LogP) is 2.78. The maximum absolute atomic E-state index is 12.2. The minimum Gasteiger partial charge on any atom is -0.372 e. The lowest BCUT2D eigenvalue weighted by molar-refractivity contribution is -0.0505. The lowest BCUT2D eigenvalue weighted by atomic mass is 10.1. The number of nitrogens with one attached hydrogen (secondary N) is 1. The van der Waals surface area contributed by atoms with Gasteiger partial charge in [-0.25, -0.2) is 0 Å². The van der Waals surface area contributed by atoms with Crippen LogP contribution in [0.1, 0.15) is 22.0 Å². The number of benzene rings is 2. The third-order valence-corrected chi connectivity index (χ3v) is 3.22. The van der Waals surface area contributed by atoms with Gasteiger partial charge in [-0.1, -0.05) is 48.5 Å². The quantitative estimate of drug-likeness (QED) is 0.830. The highest BCUT2D eigenvalue weighted by molar-refractivity contribution is 5.94. The van der Waals surface area contributed by atoms with E-state index in [-0.39, 0.29) is 12.0 Å². The highest BCUT2D eigenvalue weighted by Crippen LogP contribution is 2.21. The normalized spacial score (nSPS) is 13.4. The SMILES string of the molecule is CO[C@@H](NC(=O)c1ccccc1)[C@H](OC)c1ccccc1. The first-order chi connectivity index (χ1) is 10.3. The molecule has 0 radical (unpaired) electrons. The average molecular weight is 285 g/mol. The Bertz CT molecular complexity index is 557. The van der Waals surface area contributed by atoms with Gasteiger partial charge < -0.3 is 14.8 Å². The topological polar surface area (TPSA) is 47.6 Å². The number of carbonyl (C=O) groups is 1. The van der Waals surface area contributed by atoms with Gasteiger partial charge in [0.2, 0.25) is 0 Å². The van der Waals surface area contributed by atoms with Gasteiger partial charge in [0.05, 0.1) is 0 Å². The maximum atomic E-state index is 12.2. The molecular formula is C17H19NO3. The number of amides is 1. The molecule has 0 aliphatic heterocycles. The van der Waals surface area contributed by atoms with Crippen LogP contribution in [0.3, 0.4) is 0 Å². The standard InChI is InChI=1S/C17H19NO3/c1-20-15(13-9-5-3-6-10-13)17(21-2)18-16(19)14-11-7-4-8-12-14/h3-12,15,17H,1-2H3,(H,18,19)/t15-,17-/m1/s1. The van der Waals surface area contributed by atoms with Gasteiger partial charge in [-0.15, -0.1) is 0 Å². The number of methoxy groups -OCH3 is 2. The van der Waals surface area contributed by atoms with Crippen LogP contribution in [-0.4, -0.2) is 26.4 Å². The number of rotatable bonds is 6. The van der Waals surface area contributed by atoms with Crippen LogP contribution in [0.4, 0.5) is 0 Å². The summed E-state index contributed by atoms with van der Waals surface area (Å²) in [6.45, 7) is 0. The third kappa shape index (κ3) is 3.90. The summed E-state index contributed by atoms with van der Waals surface area (Å²) in [5, 5.41) is 2.85. The highest BCUT2D eigenvalue weighted by atomic mass is 16.5. The zero-order valence-electron chi connectivity index (χ0n) is 12.2. The summed E-state index contributed by atoms with van der Waals surface area (Å²) in [5.74, 6) is -0.194. The van der Waals surface area contributed by atoms with Crippen LogP contribution in [0, 0.1) is 0 Å². The smallest absolute Gasteiger partial charge is 0.253 e. The Balaban J connectivity index is 2.13. The molecule has 4 heteroatoms. The van der Waals surface area contributed by atoms with E-state index in [2.05, 4.69) is 5.32 Å². The van der Waals surface area contributed by atoms with Crippen LogP contribution in [0.2, 0.25) is 0 Å². The molecular weight excluding hydrogens is 266 g/mol. The van der Waals surface area contributed by atoms with Crippen molar-refractivity contribution >= 4 is 5.91 Å². The summed E-state index contributed by atoms with van der Waals surface area (Å²) in [7, 11) is 3.14. The molecule has 0 aliphatic carbocycles. The molecule has 0 saturated carbocycles. The van der Waals surface area contributed by atoms with Crippen LogP contribution in [-0.2, 0) is 9.47 Å². The van der Waals surface area contributed by atoms with E-state index < -0.39 is 6.23 Å². The van der Waals surface area contributed by atoms with Crippen LogP contribution < -0.4 is 5.32 Å². The van der Waals surface area contributed by atoms with E-state index in [1.54, 1.807) is 26.4 Å². The van der Waals surface area contributed by atoms with Crippen molar-refractivity contribution < 1.29 is 14.3 Å². The van der Waals surface area contributed by atoms with Crippen molar-refractivity contribution in [3.63, 3.8) is 0 Å². The molecule has 0 fully saturated rings. The summed E-state index contributed by atoms with van der Waals surface area (Å²) >= 11 is 0. The molecule has 0 heterocycles. The molecule has 1 amide bonds. The molecule has 2 aromatic carbocycles. The first kappa shape index (κ1) is 15.2. The maximum Gasteiger partial charge on any atom is 0.253 e. The van der Waals surface area contributed by atoms with Crippen LogP contribution in [0.5, 0.6) is 0 Å². The van der Waals surface area contributed by atoms with Crippen molar-refractivity contribution in [2.45, 2.75) is 12.3 Å². The minimum atomic E-state index is -0.565. The fourth-order valence-corrected chi connectivity index (χ4v) is 2.14. The lowest BCUT2D eigenvalue weighted by Crippen LogP contribution is -2.41. The third-order valence-electron chi connectivity index (χ3n) is 3.22. The van der Waals surface area contributed by atoms with Crippen molar-refractivity contribution in [2.75, 3.05) is 14.2 Å². The van der Waals surface area contributed by atoms with E-state index in [0.29, 0.717) is 5.56 Å². The molecule has 21 heavy (non-hydrogen) atoms. The van der Waals surface area contributed by atoms with Gasteiger partial charge in [0.15, 0.2) is 6.23 Å². The van der Waals surface area contributed by atoms with Gasteiger partial charge in [0.25, 0.3) is 5.91 Å². The fourth-order valence-electron chi connectivity index (χ4n) is 2.14. The fraction of sp³-hybridized carbons (Fsp3) is 0.235. The van der Waals surface area contributed by atoms with E-state index in [9.17, 15) is 4.79 Å². The van der Waals surface area contributed by atoms with Gasteiger partial charge in [-0.2, -0.15) is 0 Å². The predicted molar refractivity (Wildman–Crippen MR) is 80.9 cm³/mol. The average Bonchev–Trinajstić information content (AvgIpc) is 2.56. The highest BCUT2D eigenvalue weighted by Gasteiger charge is 2.24. The summed E-state index contributed by atoms with van der Waals surface area (Å²) in [6.07, 6.45) is -0.936. The first-order valence-corrected chi connectivity index (χ1v) is 6.72. The van der Waals surface area contributed by atoms with Gasteiger partial charge in [0, 0.05) is 19.8 Å². The zero-order chi connectivity index (χ0) is 15.1. The van der Waals surface area contributed by atoms with Gasteiger partial charge in [-0.05, 0) is 17.7 Å². The van der Waals surface area contributed by atoms with E-state index in [1.165, 1.54) is 0 Å². The summed E-state index contributed by atoms with van der Waals surface area (Å²) in [6, 6.07) is 18.7. The molecule has 2 rings (SSSR count). The summed E-state index contributed by atoms with van der Waals surface area (Å²) in [5.41, 5.74) is 1.53. The molecule has 2 aromatic rings. The Kier molecular flexibility index (Phi) is 5.49. The Morgan fingerprint density at radius 1 is 0.905 bits per heavy atom. The van der Waals surface area contributed by atoms with Crippen LogP contribution in [0.15, 0.2) is 60.7 Å². The van der Waals surface area contributed by atoms with Crippen LogP contribution >= 0.6 is 0 Å². The molecule has 0 aliphatic rings. The molecule has 2 atom stereocenters.